The summed E-state index contributed by atoms with van der Waals surface area (Å²) in [6.45, 7) is 4.17. The number of anilines is 1. The molecule has 6 heteroatoms. The first-order valence-electron chi connectivity index (χ1n) is 7.71. The normalized spacial score (nSPS) is 22.3. The zero-order valence-corrected chi connectivity index (χ0v) is 13.1. The van der Waals surface area contributed by atoms with Gasteiger partial charge in [0, 0.05) is 23.9 Å². The third-order valence-electron chi connectivity index (χ3n) is 4.57. The number of pyridine rings is 1. The van der Waals surface area contributed by atoms with E-state index in [4.69, 9.17) is 0 Å². The Kier molecular flexibility index (Phi) is 2.85. The second-order valence-electron chi connectivity index (χ2n) is 7.01. The number of rotatable bonds is 1. The van der Waals surface area contributed by atoms with Crippen LogP contribution in [0.2, 0.25) is 0 Å². The summed E-state index contributed by atoms with van der Waals surface area (Å²) < 4.78 is 0. The first-order chi connectivity index (χ1) is 11.0. The predicted octanol–water partition coefficient (Wildman–Crippen LogP) is 2.30. The highest BCUT2D eigenvalue weighted by Crippen LogP contribution is 2.46. The quantitative estimate of drug-likeness (QED) is 0.754. The molecule has 6 nitrogen and oxygen atoms in total. The smallest absolute Gasteiger partial charge is 0.270 e. The van der Waals surface area contributed by atoms with Crippen molar-refractivity contribution in [1.82, 2.24) is 15.2 Å². The summed E-state index contributed by atoms with van der Waals surface area (Å²) in [7, 11) is 0. The fraction of sp³-hybridized carbons (Fsp3) is 0.353. The number of carbonyl (C=O) groups excluding carboxylic acids is 1. The molecule has 118 valence electrons. The highest BCUT2D eigenvalue weighted by atomic mass is 16.1. The second-order valence-corrected chi connectivity index (χ2v) is 7.01. The number of ketones is 1. The lowest BCUT2D eigenvalue weighted by Crippen LogP contribution is -2.35. The molecule has 0 aromatic carbocycles. The number of Topliss-reactive ketones (excluding diaryl/α,β-unsaturated/α-hetero) is 1. The van der Waals surface area contributed by atoms with E-state index in [0.717, 1.165) is 17.8 Å². The molecule has 1 atom stereocenters. The van der Waals surface area contributed by atoms with Crippen LogP contribution in [0.5, 0.6) is 0 Å². The molecule has 1 unspecified atom stereocenters. The van der Waals surface area contributed by atoms with Crippen molar-refractivity contribution < 1.29 is 4.79 Å². The van der Waals surface area contributed by atoms with Crippen molar-refractivity contribution in [2.45, 2.75) is 32.6 Å². The minimum atomic E-state index is -0.416. The number of carbonyl (C=O) groups is 1. The number of allylic oxidation sites excluding steroid dienone is 2. The maximum atomic E-state index is 12.8. The van der Waals surface area contributed by atoms with Gasteiger partial charge < -0.3 is 5.32 Å². The van der Waals surface area contributed by atoms with Crippen LogP contribution in [0.3, 0.4) is 0 Å². The molecule has 2 aromatic rings. The van der Waals surface area contributed by atoms with Gasteiger partial charge in [0.25, 0.3) is 5.56 Å². The molecule has 0 spiro atoms. The Hall–Kier alpha value is -2.63. The molecule has 0 saturated heterocycles. The van der Waals surface area contributed by atoms with Crippen molar-refractivity contribution in [2.75, 3.05) is 5.32 Å². The average Bonchev–Trinajstić information content (AvgIpc) is 2.86. The summed E-state index contributed by atoms with van der Waals surface area (Å²) in [6, 6.07) is 5.57. The Morgan fingerprint density at radius 3 is 2.74 bits per heavy atom. The van der Waals surface area contributed by atoms with Gasteiger partial charge in [0.1, 0.15) is 5.82 Å². The summed E-state index contributed by atoms with van der Waals surface area (Å²) >= 11 is 0. The number of aromatic amines is 2. The van der Waals surface area contributed by atoms with Gasteiger partial charge in [-0.25, -0.2) is 0 Å². The van der Waals surface area contributed by atoms with Crippen molar-refractivity contribution in [2.24, 2.45) is 5.41 Å². The number of hydrogen-bond acceptors (Lipinski definition) is 4. The fourth-order valence-corrected chi connectivity index (χ4v) is 3.66. The summed E-state index contributed by atoms with van der Waals surface area (Å²) in [5, 5.41) is 8.74. The van der Waals surface area contributed by atoms with Gasteiger partial charge in [-0.05, 0) is 24.0 Å². The van der Waals surface area contributed by atoms with Gasteiger partial charge in [0.15, 0.2) is 5.78 Å². The SMILES string of the molecule is CC1(C)CC(=O)C2=C(C1)Nc1[nH][nH]c(=O)c1C2c1ccccn1. The molecular formula is C17H18N4O2. The standard InChI is InChI=1S/C17H18N4O2/c1-17(2)7-10-12(11(22)8-17)13(9-5-3-4-6-18-9)14-15(19-10)20-21-16(14)23/h3-6,13H,7-8H2,1-2H3,(H3,19,20,21,23). The van der Waals surface area contributed by atoms with E-state index in [1.54, 1.807) is 6.20 Å². The maximum absolute atomic E-state index is 12.8. The van der Waals surface area contributed by atoms with Gasteiger partial charge in [-0.1, -0.05) is 19.9 Å². The molecular weight excluding hydrogens is 292 g/mol. The van der Waals surface area contributed by atoms with Crippen LogP contribution in [0.4, 0.5) is 5.82 Å². The van der Waals surface area contributed by atoms with Gasteiger partial charge in [0.2, 0.25) is 0 Å². The lowest BCUT2D eigenvalue weighted by molar-refractivity contribution is -0.118. The van der Waals surface area contributed by atoms with Crippen LogP contribution in [-0.2, 0) is 4.79 Å². The fourth-order valence-electron chi connectivity index (χ4n) is 3.66. The number of nitrogens with zero attached hydrogens (tertiary/aromatic N) is 1. The molecule has 0 bridgehead atoms. The number of fused-ring (bicyclic) bond motifs is 1. The van der Waals surface area contributed by atoms with E-state index >= 15 is 0 Å². The van der Waals surface area contributed by atoms with Crippen molar-refractivity contribution >= 4 is 11.6 Å². The van der Waals surface area contributed by atoms with Crippen LogP contribution in [0.15, 0.2) is 40.5 Å². The van der Waals surface area contributed by atoms with E-state index < -0.39 is 5.92 Å². The van der Waals surface area contributed by atoms with Gasteiger partial charge in [-0.15, -0.1) is 0 Å². The second kappa shape index (κ2) is 4.68. The van der Waals surface area contributed by atoms with E-state index in [-0.39, 0.29) is 16.8 Å². The molecule has 0 fully saturated rings. The highest BCUT2D eigenvalue weighted by Gasteiger charge is 2.42. The van der Waals surface area contributed by atoms with Gasteiger partial charge in [0.05, 0.1) is 17.2 Å². The molecule has 4 rings (SSSR count). The summed E-state index contributed by atoms with van der Waals surface area (Å²) in [4.78, 5) is 29.5. The summed E-state index contributed by atoms with van der Waals surface area (Å²) in [5.41, 5.74) is 2.53. The van der Waals surface area contributed by atoms with Crippen LogP contribution in [-0.4, -0.2) is 21.0 Å². The number of aromatic nitrogens is 3. The predicted molar refractivity (Wildman–Crippen MR) is 86.2 cm³/mol. The van der Waals surface area contributed by atoms with Gasteiger partial charge >= 0.3 is 0 Å². The topological polar surface area (TPSA) is 90.6 Å². The molecule has 0 amide bonds. The van der Waals surface area contributed by atoms with Crippen LogP contribution in [0.25, 0.3) is 0 Å². The Labute approximate surface area is 133 Å². The third kappa shape index (κ3) is 2.13. The average molecular weight is 310 g/mol. The summed E-state index contributed by atoms with van der Waals surface area (Å²) in [6.07, 6.45) is 2.94. The molecule has 3 N–H and O–H groups in total. The van der Waals surface area contributed by atoms with Crippen LogP contribution in [0, 0.1) is 5.41 Å². The Morgan fingerprint density at radius 1 is 1.17 bits per heavy atom. The molecule has 1 aliphatic heterocycles. The Bertz CT molecular complexity index is 873. The van der Waals surface area contributed by atoms with E-state index in [1.807, 2.05) is 18.2 Å². The highest BCUT2D eigenvalue weighted by molar-refractivity contribution is 6.01. The number of nitrogens with one attached hydrogen (secondary N) is 3. The molecule has 2 aromatic heterocycles. The van der Waals surface area contributed by atoms with Crippen molar-refractivity contribution in [3.63, 3.8) is 0 Å². The minimum Gasteiger partial charge on any atom is -0.343 e. The van der Waals surface area contributed by atoms with Crippen LogP contribution < -0.4 is 10.9 Å². The lowest BCUT2D eigenvalue weighted by Gasteiger charge is -2.37. The monoisotopic (exact) mass is 310 g/mol. The Morgan fingerprint density at radius 2 is 2.00 bits per heavy atom. The van der Waals surface area contributed by atoms with Crippen molar-refractivity contribution in [1.29, 1.82) is 0 Å². The van der Waals surface area contributed by atoms with E-state index in [0.29, 0.717) is 23.4 Å². The third-order valence-corrected chi connectivity index (χ3v) is 4.57. The van der Waals surface area contributed by atoms with Gasteiger partial charge in [-0.3, -0.25) is 24.8 Å². The van der Waals surface area contributed by atoms with Gasteiger partial charge in [-0.2, -0.15) is 0 Å². The zero-order valence-electron chi connectivity index (χ0n) is 13.1. The summed E-state index contributed by atoms with van der Waals surface area (Å²) in [5.74, 6) is 0.307. The molecule has 0 saturated carbocycles. The first-order valence-corrected chi connectivity index (χ1v) is 7.71. The molecule has 2 aliphatic rings. The zero-order chi connectivity index (χ0) is 16.2. The molecule has 3 heterocycles. The minimum absolute atomic E-state index is 0.0886. The number of hydrogen-bond donors (Lipinski definition) is 3. The molecule has 1 aliphatic carbocycles. The largest absolute Gasteiger partial charge is 0.343 e. The molecule has 23 heavy (non-hydrogen) atoms. The van der Waals surface area contributed by atoms with Crippen LogP contribution in [0.1, 0.15) is 43.9 Å². The van der Waals surface area contributed by atoms with E-state index in [2.05, 4.69) is 34.3 Å². The number of H-pyrrole nitrogens is 2. The first kappa shape index (κ1) is 14.0. The van der Waals surface area contributed by atoms with E-state index in [9.17, 15) is 9.59 Å². The molecule has 0 radical (unpaired) electrons. The van der Waals surface area contributed by atoms with E-state index in [1.165, 1.54) is 0 Å². The Balaban J connectivity index is 1.96. The van der Waals surface area contributed by atoms with Crippen LogP contribution >= 0.6 is 0 Å². The maximum Gasteiger partial charge on any atom is 0.270 e. The van der Waals surface area contributed by atoms with Crippen molar-refractivity contribution in [3.05, 3.63) is 57.3 Å². The van der Waals surface area contributed by atoms with Crippen molar-refractivity contribution in [3.8, 4) is 0 Å². The lowest BCUT2D eigenvalue weighted by atomic mass is 9.70.